The van der Waals surface area contributed by atoms with Crippen LogP contribution in [0.4, 0.5) is 0 Å². The lowest BCUT2D eigenvalue weighted by Crippen LogP contribution is -2.38. The first kappa shape index (κ1) is 18.6. The quantitative estimate of drug-likeness (QED) is 0.284. The van der Waals surface area contributed by atoms with E-state index in [0.717, 1.165) is 6.61 Å². The molecule has 3 heteroatoms. The van der Waals surface area contributed by atoms with Gasteiger partial charge in [0.2, 0.25) is 0 Å². The number of hydrogen-bond donors (Lipinski definition) is 0. The van der Waals surface area contributed by atoms with Crippen molar-refractivity contribution >= 4 is 30.9 Å². The minimum absolute atomic E-state index is 0.840. The fourth-order valence-electron chi connectivity index (χ4n) is 2.35. The molecule has 0 rings (SSSR count). The summed E-state index contributed by atoms with van der Waals surface area (Å²) in [6.07, 6.45) is 10.1. The number of halogens is 1. The first-order valence-corrected chi connectivity index (χ1v) is 11.4. The lowest BCUT2D eigenvalue weighted by molar-refractivity contribution is 0.335. The van der Waals surface area contributed by atoms with Crippen LogP contribution in [-0.2, 0) is 4.43 Å². The third-order valence-electron chi connectivity index (χ3n) is 3.53. The van der Waals surface area contributed by atoms with E-state index >= 15 is 0 Å². The van der Waals surface area contributed by atoms with E-state index in [1.807, 2.05) is 0 Å². The summed E-state index contributed by atoms with van der Waals surface area (Å²) in [4.78, 5) is 0. The van der Waals surface area contributed by atoms with Crippen LogP contribution in [0.25, 0.3) is 0 Å². The molecule has 0 bridgehead atoms. The van der Waals surface area contributed by atoms with Gasteiger partial charge in [-0.3, -0.25) is 0 Å². The molecular weight excluding hydrogens is 351 g/mol. The second kappa shape index (κ2) is 12.7. The molecule has 0 aliphatic carbocycles. The highest BCUT2D eigenvalue weighted by Gasteiger charge is 2.32. The maximum Gasteiger partial charge on any atom is 0.193 e. The Morgan fingerprint density at radius 2 is 1.33 bits per heavy atom. The molecule has 0 heterocycles. The Bertz CT molecular complexity index is 185. The third-order valence-corrected chi connectivity index (χ3v) is 8.61. The van der Waals surface area contributed by atoms with Gasteiger partial charge in [0.1, 0.15) is 0 Å². The fraction of sp³-hybridized carbons (Fsp3) is 0.867. The lowest BCUT2D eigenvalue weighted by atomic mass is 10.4. The van der Waals surface area contributed by atoms with Crippen molar-refractivity contribution in [2.45, 2.75) is 77.4 Å². The molecule has 0 radical (unpaired) electrons. The average Bonchev–Trinajstić information content (AvgIpc) is 2.40. The van der Waals surface area contributed by atoms with Crippen LogP contribution in [0.3, 0.4) is 0 Å². The van der Waals surface area contributed by atoms with Gasteiger partial charge in [0.05, 0.1) is 6.61 Å². The molecule has 0 aromatic heterocycles. The van der Waals surface area contributed by atoms with E-state index in [1.165, 1.54) is 56.7 Å². The standard InChI is InChI=1S/C15H31IOSi/c1-4-7-13-18(14-8-5-2,15-9-6-3)17-12-10-11-16/h10-11H,4-9,12-15H2,1-3H3/b11-10+. The Labute approximate surface area is 129 Å². The summed E-state index contributed by atoms with van der Waals surface area (Å²) in [6.45, 7) is 7.73. The molecule has 108 valence electrons. The fourth-order valence-corrected chi connectivity index (χ4v) is 7.18. The summed E-state index contributed by atoms with van der Waals surface area (Å²) >= 11 is 2.28. The zero-order chi connectivity index (χ0) is 13.7. The normalized spacial score (nSPS) is 12.4. The van der Waals surface area contributed by atoms with Gasteiger partial charge in [-0.25, -0.2) is 0 Å². The number of rotatable bonds is 12. The van der Waals surface area contributed by atoms with Crippen molar-refractivity contribution < 1.29 is 4.43 Å². The summed E-state index contributed by atoms with van der Waals surface area (Å²) < 4.78 is 8.50. The van der Waals surface area contributed by atoms with E-state index < -0.39 is 8.32 Å². The lowest BCUT2D eigenvalue weighted by Gasteiger charge is -2.31. The first-order chi connectivity index (χ1) is 8.74. The first-order valence-electron chi connectivity index (χ1n) is 7.63. The van der Waals surface area contributed by atoms with Crippen LogP contribution >= 0.6 is 22.6 Å². The minimum Gasteiger partial charge on any atom is -0.413 e. The largest absolute Gasteiger partial charge is 0.413 e. The average molecular weight is 382 g/mol. The molecule has 18 heavy (non-hydrogen) atoms. The molecular formula is C15H31IOSi. The van der Waals surface area contributed by atoms with Crippen LogP contribution in [0.1, 0.15) is 59.3 Å². The molecule has 0 saturated heterocycles. The summed E-state index contributed by atoms with van der Waals surface area (Å²) in [6, 6.07) is 4.12. The van der Waals surface area contributed by atoms with Crippen molar-refractivity contribution in [2.75, 3.05) is 6.61 Å². The minimum atomic E-state index is -1.45. The summed E-state index contributed by atoms with van der Waals surface area (Å²) in [7, 11) is -1.45. The summed E-state index contributed by atoms with van der Waals surface area (Å²) in [5.74, 6) is 0. The van der Waals surface area contributed by atoms with Gasteiger partial charge >= 0.3 is 0 Å². The van der Waals surface area contributed by atoms with Crippen molar-refractivity contribution in [2.24, 2.45) is 0 Å². The van der Waals surface area contributed by atoms with E-state index in [0.29, 0.717) is 0 Å². The second-order valence-electron chi connectivity index (χ2n) is 5.17. The summed E-state index contributed by atoms with van der Waals surface area (Å²) in [5, 5.41) is 0. The number of unbranched alkanes of at least 4 members (excludes halogenated alkanes) is 3. The van der Waals surface area contributed by atoms with E-state index in [4.69, 9.17) is 4.43 Å². The molecule has 0 spiro atoms. The van der Waals surface area contributed by atoms with E-state index in [2.05, 4.69) is 53.5 Å². The van der Waals surface area contributed by atoms with Crippen LogP contribution < -0.4 is 0 Å². The maximum atomic E-state index is 6.42. The Morgan fingerprint density at radius 1 is 0.889 bits per heavy atom. The van der Waals surface area contributed by atoms with Gasteiger partial charge in [0.25, 0.3) is 0 Å². The third kappa shape index (κ3) is 8.70. The molecule has 0 amide bonds. The highest BCUT2D eigenvalue weighted by molar-refractivity contribution is 14.1. The molecule has 0 aromatic carbocycles. The molecule has 0 N–H and O–H groups in total. The zero-order valence-corrected chi connectivity index (χ0v) is 15.7. The van der Waals surface area contributed by atoms with Crippen LogP contribution in [0.5, 0.6) is 0 Å². The predicted octanol–water partition coefficient (Wildman–Crippen LogP) is 6.30. The molecule has 0 aliphatic rings. The van der Waals surface area contributed by atoms with Crippen LogP contribution in [0.2, 0.25) is 18.1 Å². The van der Waals surface area contributed by atoms with Crippen LogP contribution in [0.15, 0.2) is 10.2 Å². The van der Waals surface area contributed by atoms with Crippen molar-refractivity contribution in [3.05, 3.63) is 10.2 Å². The molecule has 0 aromatic rings. The van der Waals surface area contributed by atoms with Gasteiger partial charge in [-0.2, -0.15) is 0 Å². The van der Waals surface area contributed by atoms with E-state index in [9.17, 15) is 0 Å². The topological polar surface area (TPSA) is 9.23 Å². The smallest absolute Gasteiger partial charge is 0.193 e. The van der Waals surface area contributed by atoms with Crippen LogP contribution in [-0.4, -0.2) is 14.9 Å². The Morgan fingerprint density at radius 3 is 1.67 bits per heavy atom. The van der Waals surface area contributed by atoms with Gasteiger partial charge < -0.3 is 4.43 Å². The second-order valence-corrected chi connectivity index (χ2v) is 10.0. The molecule has 1 nitrogen and oxygen atoms in total. The Kier molecular flexibility index (Phi) is 13.1. The number of hydrogen-bond acceptors (Lipinski definition) is 1. The van der Waals surface area contributed by atoms with Crippen LogP contribution in [0, 0.1) is 0 Å². The van der Waals surface area contributed by atoms with Gasteiger partial charge in [0.15, 0.2) is 8.32 Å². The highest BCUT2D eigenvalue weighted by atomic mass is 127. The molecule has 0 saturated carbocycles. The molecule has 0 fully saturated rings. The van der Waals surface area contributed by atoms with Crippen molar-refractivity contribution in [3.63, 3.8) is 0 Å². The van der Waals surface area contributed by atoms with E-state index in [1.54, 1.807) is 0 Å². The Balaban J connectivity index is 4.50. The SMILES string of the molecule is CCCC[Si](CCCC)(CCCC)OC/C=C/I. The van der Waals surface area contributed by atoms with Gasteiger partial charge in [-0.15, -0.1) is 0 Å². The Hall–Kier alpha value is 0.647. The molecule has 0 atom stereocenters. The van der Waals surface area contributed by atoms with Crippen molar-refractivity contribution in [1.82, 2.24) is 0 Å². The summed E-state index contributed by atoms with van der Waals surface area (Å²) in [5.41, 5.74) is 0. The predicted molar refractivity (Wildman–Crippen MR) is 94.0 cm³/mol. The zero-order valence-electron chi connectivity index (χ0n) is 12.5. The molecule has 0 unspecified atom stereocenters. The van der Waals surface area contributed by atoms with Crippen molar-refractivity contribution in [3.8, 4) is 0 Å². The van der Waals surface area contributed by atoms with E-state index in [-0.39, 0.29) is 0 Å². The van der Waals surface area contributed by atoms with Crippen molar-refractivity contribution in [1.29, 1.82) is 0 Å². The highest BCUT2D eigenvalue weighted by Crippen LogP contribution is 2.29. The molecule has 0 aliphatic heterocycles. The maximum absolute atomic E-state index is 6.42. The van der Waals surface area contributed by atoms with Gasteiger partial charge in [-0.05, 0) is 22.2 Å². The van der Waals surface area contributed by atoms with Gasteiger partial charge in [-0.1, -0.05) is 88.0 Å². The van der Waals surface area contributed by atoms with Gasteiger partial charge in [0, 0.05) is 0 Å². The monoisotopic (exact) mass is 382 g/mol.